The lowest BCUT2D eigenvalue weighted by Crippen LogP contribution is -1.94. The van der Waals surface area contributed by atoms with Crippen molar-refractivity contribution in [2.45, 2.75) is 0 Å². The molecule has 0 unspecified atom stereocenters. The highest BCUT2D eigenvalue weighted by Crippen LogP contribution is 2.40. The number of hydrogen-bond acceptors (Lipinski definition) is 5. The molecule has 0 fully saturated rings. The molecule has 144 valence electrons. The summed E-state index contributed by atoms with van der Waals surface area (Å²) in [5, 5.41) is 21.6. The number of nitro benzene ring substituents is 1. The number of methoxy groups -OCH3 is 1. The molecule has 1 heterocycles. The standard InChI is InChI=1S/C22H17N3O4/c1-29-19-12-11-15(25(27)28)13-17(19)21-20(14-7-3-2-4-8-14)23-22(24-21)16-9-5-6-10-18(16)26/h2-13,26H,1H3,(H,23,24). The molecule has 0 bridgehead atoms. The van der Waals surface area contributed by atoms with Gasteiger partial charge in [0.25, 0.3) is 5.69 Å². The van der Waals surface area contributed by atoms with Crippen LogP contribution >= 0.6 is 0 Å². The summed E-state index contributed by atoms with van der Waals surface area (Å²) in [7, 11) is 1.51. The molecule has 7 nitrogen and oxygen atoms in total. The van der Waals surface area contributed by atoms with E-state index in [1.807, 2.05) is 30.3 Å². The van der Waals surface area contributed by atoms with E-state index >= 15 is 0 Å². The van der Waals surface area contributed by atoms with E-state index in [4.69, 9.17) is 9.72 Å². The number of nitrogens with one attached hydrogen (secondary N) is 1. The minimum Gasteiger partial charge on any atom is -0.507 e. The number of nitro groups is 1. The maximum atomic E-state index is 11.3. The molecule has 0 amide bonds. The van der Waals surface area contributed by atoms with Crippen molar-refractivity contribution in [3.05, 3.63) is 82.9 Å². The van der Waals surface area contributed by atoms with Gasteiger partial charge in [-0.2, -0.15) is 0 Å². The minimum absolute atomic E-state index is 0.0569. The van der Waals surface area contributed by atoms with E-state index in [1.54, 1.807) is 30.3 Å². The Labute approximate surface area is 166 Å². The number of H-pyrrole nitrogens is 1. The second kappa shape index (κ2) is 7.47. The largest absolute Gasteiger partial charge is 0.507 e. The maximum absolute atomic E-state index is 11.3. The van der Waals surface area contributed by atoms with Crippen LogP contribution in [0.15, 0.2) is 72.8 Å². The number of aromatic hydroxyl groups is 1. The monoisotopic (exact) mass is 387 g/mol. The first-order chi connectivity index (χ1) is 14.1. The van der Waals surface area contributed by atoms with E-state index in [1.165, 1.54) is 19.2 Å². The van der Waals surface area contributed by atoms with Crippen molar-refractivity contribution >= 4 is 5.69 Å². The highest BCUT2D eigenvalue weighted by molar-refractivity contribution is 5.85. The molecule has 0 aliphatic carbocycles. The molecule has 2 N–H and O–H groups in total. The van der Waals surface area contributed by atoms with Crippen molar-refractivity contribution in [2.24, 2.45) is 0 Å². The quantitative estimate of drug-likeness (QED) is 0.369. The number of non-ortho nitro benzene ring substituents is 1. The summed E-state index contributed by atoms with van der Waals surface area (Å²) in [4.78, 5) is 18.8. The van der Waals surface area contributed by atoms with Crippen LogP contribution in [0.2, 0.25) is 0 Å². The fraction of sp³-hybridized carbons (Fsp3) is 0.0455. The number of nitrogens with zero attached hydrogens (tertiary/aromatic N) is 2. The molecule has 0 saturated carbocycles. The number of aromatic nitrogens is 2. The van der Waals surface area contributed by atoms with Gasteiger partial charge in [0, 0.05) is 23.3 Å². The van der Waals surface area contributed by atoms with Crippen molar-refractivity contribution < 1.29 is 14.8 Å². The van der Waals surface area contributed by atoms with Crippen molar-refractivity contribution in [3.8, 4) is 45.4 Å². The number of imidazole rings is 1. The van der Waals surface area contributed by atoms with E-state index in [9.17, 15) is 15.2 Å². The molecular formula is C22H17N3O4. The smallest absolute Gasteiger partial charge is 0.270 e. The third kappa shape index (κ3) is 3.41. The van der Waals surface area contributed by atoms with Crippen LogP contribution in [0, 0.1) is 10.1 Å². The Morgan fingerprint density at radius 2 is 1.72 bits per heavy atom. The normalized spacial score (nSPS) is 10.7. The summed E-state index contributed by atoms with van der Waals surface area (Å²) in [5.74, 6) is 1.00. The number of aromatic amines is 1. The van der Waals surface area contributed by atoms with Gasteiger partial charge >= 0.3 is 0 Å². The van der Waals surface area contributed by atoms with Gasteiger partial charge in [0.2, 0.25) is 0 Å². The average molecular weight is 387 g/mol. The molecule has 29 heavy (non-hydrogen) atoms. The first kappa shape index (κ1) is 18.2. The highest BCUT2D eigenvalue weighted by Gasteiger charge is 2.21. The van der Waals surface area contributed by atoms with Gasteiger partial charge in [-0.05, 0) is 18.2 Å². The van der Waals surface area contributed by atoms with E-state index in [0.29, 0.717) is 34.1 Å². The summed E-state index contributed by atoms with van der Waals surface area (Å²) < 4.78 is 5.44. The van der Waals surface area contributed by atoms with E-state index in [0.717, 1.165) is 5.56 Å². The van der Waals surface area contributed by atoms with Crippen LogP contribution in [-0.4, -0.2) is 27.1 Å². The van der Waals surface area contributed by atoms with Gasteiger partial charge in [-0.15, -0.1) is 0 Å². The molecule has 3 aromatic carbocycles. The Balaban J connectivity index is 1.99. The molecule has 0 spiro atoms. The van der Waals surface area contributed by atoms with Crippen LogP contribution < -0.4 is 4.74 Å². The highest BCUT2D eigenvalue weighted by atomic mass is 16.6. The molecule has 0 atom stereocenters. The Kier molecular flexibility index (Phi) is 4.70. The number of phenols is 1. The van der Waals surface area contributed by atoms with Crippen molar-refractivity contribution in [1.29, 1.82) is 0 Å². The fourth-order valence-electron chi connectivity index (χ4n) is 3.18. The molecule has 7 heteroatoms. The molecule has 0 saturated heterocycles. The lowest BCUT2D eigenvalue weighted by Gasteiger charge is -2.09. The number of para-hydroxylation sites is 1. The summed E-state index contributed by atoms with van der Waals surface area (Å²) in [5.41, 5.74) is 2.97. The lowest BCUT2D eigenvalue weighted by molar-refractivity contribution is -0.384. The van der Waals surface area contributed by atoms with Crippen LogP contribution in [0.3, 0.4) is 0 Å². The fourth-order valence-corrected chi connectivity index (χ4v) is 3.18. The van der Waals surface area contributed by atoms with E-state index < -0.39 is 4.92 Å². The first-order valence-corrected chi connectivity index (χ1v) is 8.85. The van der Waals surface area contributed by atoms with Crippen molar-refractivity contribution in [3.63, 3.8) is 0 Å². The SMILES string of the molecule is COc1ccc([N+](=O)[O-])cc1-c1[nH]c(-c2ccccc2O)nc1-c1ccccc1. The predicted molar refractivity (Wildman–Crippen MR) is 110 cm³/mol. The van der Waals surface area contributed by atoms with E-state index in [-0.39, 0.29) is 11.4 Å². The molecule has 0 radical (unpaired) electrons. The van der Waals surface area contributed by atoms with Gasteiger partial charge in [-0.1, -0.05) is 42.5 Å². The number of rotatable bonds is 5. The maximum Gasteiger partial charge on any atom is 0.270 e. The topological polar surface area (TPSA) is 101 Å². The molecular weight excluding hydrogens is 370 g/mol. The second-order valence-electron chi connectivity index (χ2n) is 6.33. The van der Waals surface area contributed by atoms with E-state index in [2.05, 4.69) is 4.98 Å². The lowest BCUT2D eigenvalue weighted by atomic mass is 10.0. The van der Waals surface area contributed by atoms with Crippen LogP contribution in [-0.2, 0) is 0 Å². The Morgan fingerprint density at radius 3 is 2.41 bits per heavy atom. The zero-order valence-electron chi connectivity index (χ0n) is 15.5. The second-order valence-corrected chi connectivity index (χ2v) is 6.33. The Morgan fingerprint density at radius 1 is 1.00 bits per heavy atom. The van der Waals surface area contributed by atoms with Crippen LogP contribution in [0.5, 0.6) is 11.5 Å². The number of benzene rings is 3. The number of hydrogen-bond donors (Lipinski definition) is 2. The zero-order chi connectivity index (χ0) is 20.4. The van der Waals surface area contributed by atoms with Crippen molar-refractivity contribution in [1.82, 2.24) is 9.97 Å². The zero-order valence-corrected chi connectivity index (χ0v) is 15.5. The third-order valence-corrected chi connectivity index (χ3v) is 4.57. The van der Waals surface area contributed by atoms with Gasteiger partial charge in [-0.25, -0.2) is 4.98 Å². The number of phenolic OH excluding ortho intramolecular Hbond substituents is 1. The first-order valence-electron chi connectivity index (χ1n) is 8.85. The van der Waals surface area contributed by atoms with Crippen LogP contribution in [0.25, 0.3) is 33.9 Å². The number of ether oxygens (including phenoxy) is 1. The summed E-state index contributed by atoms with van der Waals surface area (Å²) in [6.07, 6.45) is 0. The molecule has 4 aromatic rings. The van der Waals surface area contributed by atoms with Gasteiger partial charge < -0.3 is 14.8 Å². The summed E-state index contributed by atoms with van der Waals surface area (Å²) >= 11 is 0. The molecule has 0 aliphatic rings. The van der Waals surface area contributed by atoms with Gasteiger partial charge in [-0.3, -0.25) is 10.1 Å². The third-order valence-electron chi connectivity index (χ3n) is 4.57. The van der Waals surface area contributed by atoms with Gasteiger partial charge in [0.1, 0.15) is 17.3 Å². The predicted octanol–water partition coefficient (Wildman–Crippen LogP) is 5.03. The van der Waals surface area contributed by atoms with Gasteiger partial charge in [0.15, 0.2) is 0 Å². The molecule has 4 rings (SSSR count). The Hall–Kier alpha value is -4.13. The minimum atomic E-state index is -0.453. The van der Waals surface area contributed by atoms with Crippen LogP contribution in [0.1, 0.15) is 0 Å². The van der Waals surface area contributed by atoms with Gasteiger partial charge in [0.05, 0.1) is 29.0 Å². The molecule has 0 aliphatic heterocycles. The van der Waals surface area contributed by atoms with Crippen LogP contribution in [0.4, 0.5) is 5.69 Å². The molecule has 1 aromatic heterocycles. The van der Waals surface area contributed by atoms with Crippen molar-refractivity contribution in [2.75, 3.05) is 7.11 Å². The summed E-state index contributed by atoms with van der Waals surface area (Å²) in [6, 6.07) is 20.7. The Bertz CT molecular complexity index is 1190. The average Bonchev–Trinajstić information content (AvgIpc) is 3.19. The summed E-state index contributed by atoms with van der Waals surface area (Å²) in [6.45, 7) is 0.